The smallest absolute Gasteiger partial charge is 0.240 e. The van der Waals surface area contributed by atoms with E-state index in [9.17, 15) is 8.42 Å². The highest BCUT2D eigenvalue weighted by Gasteiger charge is 2.19. The summed E-state index contributed by atoms with van der Waals surface area (Å²) in [5, 5.41) is 0. The molecule has 1 N–H and O–H groups in total. The van der Waals surface area contributed by atoms with Gasteiger partial charge in [-0.15, -0.1) is 0 Å². The molecule has 0 saturated carbocycles. The van der Waals surface area contributed by atoms with Gasteiger partial charge in [-0.3, -0.25) is 0 Å². The average molecular weight is 391 g/mol. The Bertz CT molecular complexity index is 886. The zero-order valence-electron chi connectivity index (χ0n) is 15.8. The molecule has 3 rings (SSSR count). The van der Waals surface area contributed by atoms with E-state index in [0.29, 0.717) is 30.5 Å². The van der Waals surface area contributed by atoms with Crippen LogP contribution in [0, 0.1) is 0 Å². The van der Waals surface area contributed by atoms with Gasteiger partial charge in [-0.1, -0.05) is 32.9 Å². The van der Waals surface area contributed by atoms with Crippen molar-refractivity contribution in [1.29, 1.82) is 0 Å². The molecule has 0 radical (unpaired) electrons. The predicted molar refractivity (Wildman–Crippen MR) is 103 cm³/mol. The third-order valence-corrected chi connectivity index (χ3v) is 5.67. The highest BCUT2D eigenvalue weighted by molar-refractivity contribution is 7.89. The maximum atomic E-state index is 12.4. The fourth-order valence-electron chi connectivity index (χ4n) is 2.67. The highest BCUT2D eigenvalue weighted by Crippen LogP contribution is 2.32. The summed E-state index contributed by atoms with van der Waals surface area (Å²) in [5.74, 6) is 1.71. The first kappa shape index (κ1) is 19.5. The fourth-order valence-corrected chi connectivity index (χ4v) is 3.70. The van der Waals surface area contributed by atoms with Crippen LogP contribution in [-0.2, 0) is 15.4 Å². The molecule has 2 aromatic rings. The first-order valence-electron chi connectivity index (χ1n) is 8.88. The molecule has 7 heteroatoms. The average Bonchev–Trinajstić information content (AvgIpc) is 2.64. The summed E-state index contributed by atoms with van der Waals surface area (Å²) in [6.07, 6.45) is 0. The number of sulfonamides is 1. The van der Waals surface area contributed by atoms with Crippen molar-refractivity contribution in [3.8, 4) is 17.2 Å². The predicted octanol–water partition coefficient (Wildman–Crippen LogP) is 3.11. The molecule has 0 unspecified atom stereocenters. The Labute approximate surface area is 160 Å². The molecule has 0 atom stereocenters. The summed E-state index contributed by atoms with van der Waals surface area (Å²) in [7, 11) is -3.64. The summed E-state index contributed by atoms with van der Waals surface area (Å²) in [6.45, 7) is 7.72. The number of hydrogen-bond donors (Lipinski definition) is 1. The van der Waals surface area contributed by atoms with Gasteiger partial charge >= 0.3 is 0 Å². The van der Waals surface area contributed by atoms with Crippen molar-refractivity contribution in [3.63, 3.8) is 0 Å². The molecule has 0 amide bonds. The van der Waals surface area contributed by atoms with Crippen molar-refractivity contribution in [2.75, 3.05) is 26.4 Å². The van der Waals surface area contributed by atoms with E-state index in [1.165, 1.54) is 17.7 Å². The zero-order chi connectivity index (χ0) is 19.5. The SMILES string of the molecule is CC(C)(C)c1ccc(OCCNS(=O)(=O)c2ccc3c(c2)OCCO3)cc1. The minimum atomic E-state index is -3.64. The molecular weight excluding hydrogens is 366 g/mol. The van der Waals surface area contributed by atoms with E-state index in [0.717, 1.165) is 0 Å². The first-order valence-corrected chi connectivity index (χ1v) is 10.4. The molecule has 0 aromatic heterocycles. The lowest BCUT2D eigenvalue weighted by atomic mass is 9.87. The van der Waals surface area contributed by atoms with Crippen LogP contribution in [0.5, 0.6) is 17.2 Å². The van der Waals surface area contributed by atoms with Crippen molar-refractivity contribution >= 4 is 10.0 Å². The van der Waals surface area contributed by atoms with E-state index in [1.807, 2.05) is 24.3 Å². The lowest BCUT2D eigenvalue weighted by Crippen LogP contribution is -2.28. The van der Waals surface area contributed by atoms with Gasteiger partial charge in [0.25, 0.3) is 0 Å². The minimum Gasteiger partial charge on any atom is -0.492 e. The highest BCUT2D eigenvalue weighted by atomic mass is 32.2. The van der Waals surface area contributed by atoms with Crippen molar-refractivity contribution in [2.45, 2.75) is 31.1 Å². The summed E-state index contributed by atoms with van der Waals surface area (Å²) < 4.78 is 43.8. The van der Waals surface area contributed by atoms with Crippen LogP contribution in [-0.4, -0.2) is 34.8 Å². The maximum Gasteiger partial charge on any atom is 0.240 e. The fraction of sp³-hybridized carbons (Fsp3) is 0.400. The number of benzene rings is 2. The zero-order valence-corrected chi connectivity index (χ0v) is 16.6. The van der Waals surface area contributed by atoms with Gasteiger partial charge in [0.2, 0.25) is 10.0 Å². The van der Waals surface area contributed by atoms with Crippen molar-refractivity contribution in [2.24, 2.45) is 0 Å². The Morgan fingerprint density at radius 2 is 1.67 bits per heavy atom. The second-order valence-corrected chi connectivity index (χ2v) is 9.09. The summed E-state index contributed by atoms with van der Waals surface area (Å²) in [5.41, 5.74) is 1.30. The first-order chi connectivity index (χ1) is 12.8. The number of rotatable bonds is 6. The van der Waals surface area contributed by atoms with Crippen molar-refractivity contribution in [1.82, 2.24) is 4.72 Å². The molecule has 0 fully saturated rings. The summed E-state index contributed by atoms with van der Waals surface area (Å²) >= 11 is 0. The van der Waals surface area contributed by atoms with Crippen LogP contribution in [0.3, 0.4) is 0 Å². The number of ether oxygens (including phenoxy) is 3. The van der Waals surface area contributed by atoms with Gasteiger partial charge < -0.3 is 14.2 Å². The van der Waals surface area contributed by atoms with E-state index in [1.54, 1.807) is 6.07 Å². The van der Waals surface area contributed by atoms with Crippen LogP contribution in [0.25, 0.3) is 0 Å². The van der Waals surface area contributed by atoms with Gasteiger partial charge in [0.05, 0.1) is 4.90 Å². The second kappa shape index (κ2) is 7.78. The van der Waals surface area contributed by atoms with Crippen LogP contribution < -0.4 is 18.9 Å². The number of hydrogen-bond acceptors (Lipinski definition) is 5. The molecular formula is C20H25NO5S. The van der Waals surface area contributed by atoms with Crippen LogP contribution >= 0.6 is 0 Å². The second-order valence-electron chi connectivity index (χ2n) is 7.33. The van der Waals surface area contributed by atoms with Crippen LogP contribution in [0.2, 0.25) is 0 Å². The normalized spacial score (nSPS) is 14.0. The van der Waals surface area contributed by atoms with Gasteiger partial charge in [0, 0.05) is 12.6 Å². The van der Waals surface area contributed by atoms with Crippen molar-refractivity contribution in [3.05, 3.63) is 48.0 Å². The Kier molecular flexibility index (Phi) is 5.62. The van der Waals surface area contributed by atoms with Gasteiger partial charge in [0.1, 0.15) is 25.6 Å². The molecule has 1 aliphatic rings. The van der Waals surface area contributed by atoms with Crippen LogP contribution in [0.1, 0.15) is 26.3 Å². The summed E-state index contributed by atoms with van der Waals surface area (Å²) in [4.78, 5) is 0.140. The van der Waals surface area contributed by atoms with Gasteiger partial charge in [-0.25, -0.2) is 13.1 Å². The van der Waals surface area contributed by atoms with E-state index in [4.69, 9.17) is 14.2 Å². The number of nitrogens with one attached hydrogen (secondary N) is 1. The van der Waals surface area contributed by atoms with E-state index < -0.39 is 10.0 Å². The molecule has 1 aliphatic heterocycles. The Morgan fingerprint density at radius 1 is 1.00 bits per heavy atom. The van der Waals surface area contributed by atoms with Crippen molar-refractivity contribution < 1.29 is 22.6 Å². The quantitative estimate of drug-likeness (QED) is 0.766. The number of fused-ring (bicyclic) bond motifs is 1. The Hall–Kier alpha value is -2.25. The topological polar surface area (TPSA) is 73.9 Å². The van der Waals surface area contributed by atoms with E-state index >= 15 is 0 Å². The van der Waals surface area contributed by atoms with Gasteiger partial charge in [-0.05, 0) is 35.2 Å². The van der Waals surface area contributed by atoms with Crippen LogP contribution in [0.4, 0.5) is 0 Å². The van der Waals surface area contributed by atoms with E-state index in [2.05, 4.69) is 25.5 Å². The molecule has 1 heterocycles. The minimum absolute atomic E-state index is 0.0811. The monoisotopic (exact) mass is 391 g/mol. The third kappa shape index (κ3) is 4.93. The van der Waals surface area contributed by atoms with E-state index in [-0.39, 0.29) is 23.5 Å². The lowest BCUT2D eigenvalue weighted by Gasteiger charge is -2.19. The molecule has 0 spiro atoms. The summed E-state index contributed by atoms with van der Waals surface area (Å²) in [6, 6.07) is 12.4. The van der Waals surface area contributed by atoms with Crippen LogP contribution in [0.15, 0.2) is 47.4 Å². The molecule has 27 heavy (non-hydrogen) atoms. The lowest BCUT2D eigenvalue weighted by molar-refractivity contribution is 0.171. The standard InChI is InChI=1S/C20H25NO5S/c1-20(2,3)15-4-6-16(7-5-15)24-11-10-21-27(22,23)17-8-9-18-19(14-17)26-13-12-25-18/h4-9,14,21H,10-13H2,1-3H3. The Morgan fingerprint density at radius 3 is 2.33 bits per heavy atom. The molecule has 0 bridgehead atoms. The molecule has 2 aromatic carbocycles. The molecule has 0 saturated heterocycles. The molecule has 0 aliphatic carbocycles. The Balaban J connectivity index is 1.54. The van der Waals surface area contributed by atoms with Gasteiger partial charge in [0.15, 0.2) is 11.5 Å². The molecule has 146 valence electrons. The van der Waals surface area contributed by atoms with Gasteiger partial charge in [-0.2, -0.15) is 0 Å². The maximum absolute atomic E-state index is 12.4. The largest absolute Gasteiger partial charge is 0.492 e. The third-order valence-electron chi connectivity index (χ3n) is 4.21. The molecule has 6 nitrogen and oxygen atoms in total.